The summed E-state index contributed by atoms with van der Waals surface area (Å²) in [6, 6.07) is 3.74. The van der Waals surface area contributed by atoms with E-state index in [2.05, 4.69) is 5.32 Å². The highest BCUT2D eigenvalue weighted by atomic mass is 35.5. The van der Waals surface area contributed by atoms with E-state index in [4.69, 9.17) is 14.2 Å². The van der Waals surface area contributed by atoms with Crippen molar-refractivity contribution in [1.29, 1.82) is 0 Å². The van der Waals surface area contributed by atoms with Crippen molar-refractivity contribution in [2.75, 3.05) is 38.9 Å². The molecule has 0 spiro atoms. The maximum Gasteiger partial charge on any atom is 0.203 e. The van der Waals surface area contributed by atoms with Gasteiger partial charge < -0.3 is 19.5 Å². The third-order valence-electron chi connectivity index (χ3n) is 2.87. The average Bonchev–Trinajstić information content (AvgIpc) is 2.41. The molecular formula is C13H20ClNO5S. The van der Waals surface area contributed by atoms with Gasteiger partial charge in [-0.25, -0.2) is 8.42 Å². The average molecular weight is 338 g/mol. The second-order valence-electron chi connectivity index (χ2n) is 4.63. The van der Waals surface area contributed by atoms with Gasteiger partial charge in [0.1, 0.15) is 23.1 Å². The summed E-state index contributed by atoms with van der Waals surface area (Å²) >= 11 is 0. The smallest absolute Gasteiger partial charge is 0.203 e. The first-order valence-corrected chi connectivity index (χ1v) is 8.40. The van der Waals surface area contributed by atoms with E-state index in [9.17, 15) is 8.42 Å². The zero-order valence-electron chi connectivity index (χ0n) is 12.0. The molecule has 21 heavy (non-hydrogen) atoms. The molecule has 0 amide bonds. The molecule has 1 heterocycles. The van der Waals surface area contributed by atoms with Crippen LogP contribution >= 0.6 is 12.4 Å². The summed E-state index contributed by atoms with van der Waals surface area (Å²) in [6.07, 6.45) is 1.22. The summed E-state index contributed by atoms with van der Waals surface area (Å²) in [5.41, 5.74) is 0.958. The molecule has 0 bridgehead atoms. The zero-order valence-corrected chi connectivity index (χ0v) is 13.7. The van der Waals surface area contributed by atoms with Crippen LogP contribution in [0.4, 0.5) is 0 Å². The summed E-state index contributed by atoms with van der Waals surface area (Å²) in [6.45, 7) is 1.98. The number of fused-ring (bicyclic) bond motifs is 1. The Morgan fingerprint density at radius 3 is 2.67 bits per heavy atom. The van der Waals surface area contributed by atoms with Gasteiger partial charge in [0.15, 0.2) is 11.5 Å². The van der Waals surface area contributed by atoms with E-state index in [1.807, 2.05) is 12.1 Å². The fraction of sp³-hybridized carbons (Fsp3) is 0.538. The fourth-order valence-electron chi connectivity index (χ4n) is 1.92. The van der Waals surface area contributed by atoms with Crippen molar-refractivity contribution >= 4 is 22.2 Å². The van der Waals surface area contributed by atoms with Gasteiger partial charge in [0.2, 0.25) is 5.75 Å². The second-order valence-corrected chi connectivity index (χ2v) is 6.89. The molecule has 1 aromatic carbocycles. The molecule has 0 unspecified atom stereocenters. The largest absolute Gasteiger partial charge is 0.493 e. The number of hydrogen-bond acceptors (Lipinski definition) is 6. The molecule has 0 saturated carbocycles. The summed E-state index contributed by atoms with van der Waals surface area (Å²) < 4.78 is 38.4. The first kappa shape index (κ1) is 17.9. The Kier molecular flexibility index (Phi) is 6.57. The van der Waals surface area contributed by atoms with E-state index in [0.29, 0.717) is 43.6 Å². The lowest BCUT2D eigenvalue weighted by Crippen LogP contribution is -2.22. The highest BCUT2D eigenvalue weighted by Gasteiger charge is 2.18. The Hall–Kier alpha value is -1.18. The number of hydrogen-bond donors (Lipinski definition) is 1. The van der Waals surface area contributed by atoms with E-state index in [1.165, 1.54) is 6.26 Å². The predicted molar refractivity (Wildman–Crippen MR) is 82.6 cm³/mol. The standard InChI is InChI=1S/C13H19NO5S.ClH/c1-17-11-7-10(9-14-3-6-20(2,15)16)8-12-13(11)19-5-4-18-12;/h7-8,14H,3-6,9H2,1-2H3;1H. The fourth-order valence-corrected chi connectivity index (χ4v) is 2.43. The molecule has 2 rings (SSSR count). The van der Waals surface area contributed by atoms with Crippen molar-refractivity contribution in [3.63, 3.8) is 0 Å². The minimum absolute atomic E-state index is 0. The number of rotatable bonds is 6. The van der Waals surface area contributed by atoms with Crippen LogP contribution in [0, 0.1) is 0 Å². The van der Waals surface area contributed by atoms with E-state index in [1.54, 1.807) is 7.11 Å². The number of ether oxygens (including phenoxy) is 3. The van der Waals surface area contributed by atoms with E-state index >= 15 is 0 Å². The van der Waals surface area contributed by atoms with Crippen LogP contribution in [0.2, 0.25) is 0 Å². The molecule has 0 radical (unpaired) electrons. The Morgan fingerprint density at radius 2 is 2.00 bits per heavy atom. The van der Waals surface area contributed by atoms with Crippen LogP contribution in [0.25, 0.3) is 0 Å². The van der Waals surface area contributed by atoms with E-state index in [-0.39, 0.29) is 18.2 Å². The highest BCUT2D eigenvalue weighted by Crippen LogP contribution is 2.40. The van der Waals surface area contributed by atoms with Gasteiger partial charge in [0.25, 0.3) is 0 Å². The monoisotopic (exact) mass is 337 g/mol. The maximum absolute atomic E-state index is 11.0. The van der Waals surface area contributed by atoms with Crippen LogP contribution in [0.5, 0.6) is 17.2 Å². The van der Waals surface area contributed by atoms with Crippen molar-refractivity contribution in [3.8, 4) is 17.2 Å². The van der Waals surface area contributed by atoms with Crippen molar-refractivity contribution in [3.05, 3.63) is 17.7 Å². The minimum atomic E-state index is -2.94. The summed E-state index contributed by atoms with van der Waals surface area (Å²) in [4.78, 5) is 0. The quantitative estimate of drug-likeness (QED) is 0.781. The van der Waals surface area contributed by atoms with Gasteiger partial charge in [-0.05, 0) is 17.7 Å². The van der Waals surface area contributed by atoms with Gasteiger partial charge >= 0.3 is 0 Å². The third-order valence-corrected chi connectivity index (χ3v) is 3.81. The number of halogens is 1. The van der Waals surface area contributed by atoms with Crippen LogP contribution in [0.1, 0.15) is 5.56 Å². The summed E-state index contributed by atoms with van der Waals surface area (Å²) in [5.74, 6) is 2.03. The molecule has 6 nitrogen and oxygen atoms in total. The molecule has 120 valence electrons. The van der Waals surface area contributed by atoms with Gasteiger partial charge in [-0.15, -0.1) is 12.4 Å². The first-order chi connectivity index (χ1) is 9.49. The van der Waals surface area contributed by atoms with Crippen LogP contribution in [-0.2, 0) is 16.4 Å². The number of benzene rings is 1. The van der Waals surface area contributed by atoms with Crippen molar-refractivity contribution in [1.82, 2.24) is 5.32 Å². The number of sulfone groups is 1. The van der Waals surface area contributed by atoms with Gasteiger partial charge in [0, 0.05) is 19.3 Å². The van der Waals surface area contributed by atoms with E-state index < -0.39 is 9.84 Å². The van der Waals surface area contributed by atoms with E-state index in [0.717, 1.165) is 5.56 Å². The van der Waals surface area contributed by atoms with Gasteiger partial charge in [-0.1, -0.05) is 0 Å². The molecular weight excluding hydrogens is 318 g/mol. The molecule has 8 heteroatoms. The molecule has 1 aromatic rings. The van der Waals surface area contributed by atoms with Gasteiger partial charge in [0.05, 0.1) is 12.9 Å². The van der Waals surface area contributed by atoms with Crippen molar-refractivity contribution in [2.45, 2.75) is 6.54 Å². The Labute approximate surface area is 131 Å². The normalized spacial score (nSPS) is 13.4. The Morgan fingerprint density at radius 1 is 1.29 bits per heavy atom. The lowest BCUT2D eigenvalue weighted by molar-refractivity contribution is 0.165. The van der Waals surface area contributed by atoms with Gasteiger partial charge in [-0.2, -0.15) is 0 Å². The number of nitrogens with one attached hydrogen (secondary N) is 1. The zero-order chi connectivity index (χ0) is 14.6. The van der Waals surface area contributed by atoms with Crippen molar-refractivity contribution < 1.29 is 22.6 Å². The highest BCUT2D eigenvalue weighted by molar-refractivity contribution is 7.90. The molecule has 1 N–H and O–H groups in total. The second kappa shape index (κ2) is 7.72. The minimum Gasteiger partial charge on any atom is -0.493 e. The first-order valence-electron chi connectivity index (χ1n) is 6.34. The molecule has 1 aliphatic heterocycles. The summed E-state index contributed by atoms with van der Waals surface area (Å²) in [5, 5.41) is 3.09. The Balaban J connectivity index is 0.00000220. The Bertz CT molecular complexity index is 559. The van der Waals surface area contributed by atoms with Crippen molar-refractivity contribution in [2.24, 2.45) is 0 Å². The third kappa shape index (κ3) is 5.26. The lowest BCUT2D eigenvalue weighted by Gasteiger charge is -2.21. The topological polar surface area (TPSA) is 73.9 Å². The van der Waals surface area contributed by atoms with Crippen LogP contribution in [-0.4, -0.2) is 47.3 Å². The molecule has 1 aliphatic rings. The van der Waals surface area contributed by atoms with Crippen LogP contribution < -0.4 is 19.5 Å². The number of methoxy groups -OCH3 is 1. The van der Waals surface area contributed by atoms with Crippen LogP contribution in [0.15, 0.2) is 12.1 Å². The molecule has 0 saturated heterocycles. The van der Waals surface area contributed by atoms with Crippen LogP contribution in [0.3, 0.4) is 0 Å². The predicted octanol–water partition coefficient (Wildman–Crippen LogP) is 1.02. The summed E-state index contributed by atoms with van der Waals surface area (Å²) in [7, 11) is -1.36. The lowest BCUT2D eigenvalue weighted by atomic mass is 10.1. The molecule has 0 atom stereocenters. The van der Waals surface area contributed by atoms with Gasteiger partial charge in [-0.3, -0.25) is 0 Å². The maximum atomic E-state index is 11.0. The SMILES string of the molecule is COc1cc(CNCCS(C)(=O)=O)cc2c1OCCO2.Cl. The molecule has 0 aliphatic carbocycles. The molecule has 0 aromatic heterocycles. The molecule has 0 fully saturated rings.